The van der Waals surface area contributed by atoms with Crippen LogP contribution >= 0.6 is 0 Å². The van der Waals surface area contributed by atoms with E-state index in [1.54, 1.807) is 36.5 Å². The van der Waals surface area contributed by atoms with Gasteiger partial charge in [-0.3, -0.25) is 9.78 Å². The highest BCUT2D eigenvalue weighted by atomic mass is 16.5. The monoisotopic (exact) mass is 257 g/mol. The lowest BCUT2D eigenvalue weighted by Crippen LogP contribution is -2.14. The molecule has 2 rings (SSSR count). The van der Waals surface area contributed by atoms with E-state index in [2.05, 4.69) is 10.3 Å². The van der Waals surface area contributed by atoms with E-state index < -0.39 is 0 Å². The van der Waals surface area contributed by atoms with Gasteiger partial charge in [-0.05, 0) is 37.3 Å². The van der Waals surface area contributed by atoms with E-state index in [0.29, 0.717) is 22.7 Å². The number of nitrogens with zero attached hydrogens (tertiary/aromatic N) is 1. The van der Waals surface area contributed by atoms with Crippen molar-refractivity contribution in [3.63, 3.8) is 0 Å². The van der Waals surface area contributed by atoms with E-state index in [-0.39, 0.29) is 5.91 Å². The van der Waals surface area contributed by atoms with Crippen LogP contribution in [-0.2, 0) is 0 Å². The summed E-state index contributed by atoms with van der Waals surface area (Å²) < 4.78 is 5.16. The van der Waals surface area contributed by atoms with Crippen molar-refractivity contribution >= 4 is 17.3 Å². The quantitative estimate of drug-likeness (QED) is 0.827. The summed E-state index contributed by atoms with van der Waals surface area (Å²) in [5.74, 6) is 0.202. The first kappa shape index (κ1) is 12.9. The number of hydrogen-bond acceptors (Lipinski definition) is 4. The molecule has 0 atom stereocenters. The van der Waals surface area contributed by atoms with E-state index in [4.69, 9.17) is 10.5 Å². The van der Waals surface area contributed by atoms with Crippen molar-refractivity contribution in [3.8, 4) is 5.75 Å². The molecule has 0 aliphatic carbocycles. The van der Waals surface area contributed by atoms with Gasteiger partial charge in [0.25, 0.3) is 5.91 Å². The predicted molar refractivity (Wildman–Crippen MR) is 74.3 cm³/mol. The Hall–Kier alpha value is -2.56. The Morgan fingerprint density at radius 3 is 2.84 bits per heavy atom. The average molecular weight is 257 g/mol. The van der Waals surface area contributed by atoms with Crippen molar-refractivity contribution in [1.29, 1.82) is 0 Å². The molecule has 0 spiro atoms. The number of rotatable bonds is 3. The van der Waals surface area contributed by atoms with Gasteiger partial charge in [-0.2, -0.15) is 0 Å². The third-order valence-corrected chi connectivity index (χ3v) is 2.72. The van der Waals surface area contributed by atoms with Crippen LogP contribution in [-0.4, -0.2) is 18.0 Å². The predicted octanol–water partition coefficient (Wildman–Crippen LogP) is 2.23. The smallest absolute Gasteiger partial charge is 0.259 e. The molecule has 0 fully saturated rings. The number of anilines is 2. The van der Waals surface area contributed by atoms with Gasteiger partial charge < -0.3 is 15.8 Å². The lowest BCUT2D eigenvalue weighted by atomic mass is 10.1. The summed E-state index contributed by atoms with van der Waals surface area (Å²) in [6.45, 7) is 1.83. The zero-order valence-corrected chi connectivity index (χ0v) is 10.8. The number of amides is 1. The number of nitrogens with one attached hydrogen (secondary N) is 1. The van der Waals surface area contributed by atoms with Gasteiger partial charge in [-0.25, -0.2) is 0 Å². The van der Waals surface area contributed by atoms with Gasteiger partial charge in [-0.1, -0.05) is 0 Å². The summed E-state index contributed by atoms with van der Waals surface area (Å²) in [4.78, 5) is 16.3. The van der Waals surface area contributed by atoms with E-state index >= 15 is 0 Å². The maximum Gasteiger partial charge on any atom is 0.259 e. The number of nitrogens with two attached hydrogens (primary N) is 1. The molecule has 0 bridgehead atoms. The lowest BCUT2D eigenvalue weighted by molar-refractivity contribution is 0.102. The topological polar surface area (TPSA) is 77.2 Å². The second-order valence-electron chi connectivity index (χ2n) is 4.05. The summed E-state index contributed by atoms with van der Waals surface area (Å²) in [6, 6.07) is 8.49. The van der Waals surface area contributed by atoms with Crippen LogP contribution in [0.2, 0.25) is 0 Å². The Morgan fingerprint density at radius 2 is 2.16 bits per heavy atom. The minimum absolute atomic E-state index is 0.278. The van der Waals surface area contributed by atoms with Gasteiger partial charge in [0.2, 0.25) is 0 Å². The first-order valence-corrected chi connectivity index (χ1v) is 5.78. The second-order valence-corrected chi connectivity index (χ2v) is 4.05. The number of carbonyl (C=O) groups excluding carboxylic acids is 1. The van der Waals surface area contributed by atoms with Crippen molar-refractivity contribution in [1.82, 2.24) is 4.98 Å². The van der Waals surface area contributed by atoms with E-state index in [1.165, 1.54) is 7.11 Å². The van der Waals surface area contributed by atoms with Gasteiger partial charge in [0, 0.05) is 11.9 Å². The molecule has 1 aromatic carbocycles. The van der Waals surface area contributed by atoms with E-state index in [0.717, 1.165) is 5.69 Å². The summed E-state index contributed by atoms with van der Waals surface area (Å²) in [6.07, 6.45) is 1.67. The number of hydrogen-bond donors (Lipinski definition) is 2. The second kappa shape index (κ2) is 5.39. The van der Waals surface area contributed by atoms with Crippen molar-refractivity contribution < 1.29 is 9.53 Å². The average Bonchev–Trinajstić information content (AvgIpc) is 2.41. The molecule has 0 unspecified atom stereocenters. The third-order valence-electron chi connectivity index (χ3n) is 2.72. The summed E-state index contributed by atoms with van der Waals surface area (Å²) in [7, 11) is 1.51. The molecule has 0 radical (unpaired) electrons. The number of aryl methyl sites for hydroxylation is 1. The minimum Gasteiger partial charge on any atom is -0.496 e. The Morgan fingerprint density at radius 1 is 1.37 bits per heavy atom. The lowest BCUT2D eigenvalue weighted by Gasteiger charge is -2.11. The number of pyridine rings is 1. The van der Waals surface area contributed by atoms with Crippen LogP contribution in [0.15, 0.2) is 36.5 Å². The molecule has 0 saturated carbocycles. The molecule has 0 aliphatic heterocycles. The minimum atomic E-state index is -0.278. The summed E-state index contributed by atoms with van der Waals surface area (Å²) in [5, 5.41) is 2.79. The molecule has 98 valence electrons. The highest BCUT2D eigenvalue weighted by Crippen LogP contribution is 2.22. The molecule has 0 aliphatic rings. The van der Waals surface area contributed by atoms with Crippen LogP contribution in [0, 0.1) is 6.92 Å². The van der Waals surface area contributed by atoms with Gasteiger partial charge in [0.1, 0.15) is 5.75 Å². The summed E-state index contributed by atoms with van der Waals surface area (Å²) in [5.41, 5.74) is 8.01. The third kappa shape index (κ3) is 2.82. The SMILES string of the molecule is COc1ccc(N)cc1C(=O)Nc1cccnc1C. The fourth-order valence-corrected chi connectivity index (χ4v) is 1.71. The fourth-order valence-electron chi connectivity index (χ4n) is 1.71. The molecule has 0 saturated heterocycles. The number of nitrogen functional groups attached to an aromatic ring is 1. The molecule has 1 heterocycles. The molecular weight excluding hydrogens is 242 g/mol. The zero-order chi connectivity index (χ0) is 13.8. The van der Waals surface area contributed by atoms with Crippen LogP contribution in [0.4, 0.5) is 11.4 Å². The Labute approximate surface area is 111 Å². The Kier molecular flexibility index (Phi) is 3.66. The normalized spacial score (nSPS) is 10.0. The largest absolute Gasteiger partial charge is 0.496 e. The number of aromatic nitrogens is 1. The van der Waals surface area contributed by atoms with Crippen LogP contribution < -0.4 is 15.8 Å². The zero-order valence-electron chi connectivity index (χ0n) is 10.8. The molecule has 5 heteroatoms. The van der Waals surface area contributed by atoms with E-state index in [9.17, 15) is 4.79 Å². The molecule has 3 N–H and O–H groups in total. The highest BCUT2D eigenvalue weighted by molar-refractivity contribution is 6.07. The first-order valence-electron chi connectivity index (χ1n) is 5.78. The van der Waals surface area contributed by atoms with Crippen molar-refractivity contribution in [3.05, 3.63) is 47.8 Å². The van der Waals surface area contributed by atoms with Gasteiger partial charge >= 0.3 is 0 Å². The standard InChI is InChI=1S/C14H15N3O2/c1-9-12(4-3-7-16-9)17-14(18)11-8-10(15)5-6-13(11)19-2/h3-8H,15H2,1-2H3,(H,17,18). The Bertz CT molecular complexity index is 611. The Balaban J connectivity index is 2.30. The summed E-state index contributed by atoms with van der Waals surface area (Å²) >= 11 is 0. The maximum absolute atomic E-state index is 12.2. The van der Waals surface area contributed by atoms with Crippen LogP contribution in [0.5, 0.6) is 5.75 Å². The number of benzene rings is 1. The number of methoxy groups -OCH3 is 1. The fraction of sp³-hybridized carbons (Fsp3) is 0.143. The molecule has 19 heavy (non-hydrogen) atoms. The molecule has 5 nitrogen and oxygen atoms in total. The number of carbonyl (C=O) groups is 1. The number of ether oxygens (including phenoxy) is 1. The van der Waals surface area contributed by atoms with Crippen molar-refractivity contribution in [2.45, 2.75) is 6.92 Å². The van der Waals surface area contributed by atoms with Gasteiger partial charge in [-0.15, -0.1) is 0 Å². The maximum atomic E-state index is 12.2. The van der Waals surface area contributed by atoms with Crippen LogP contribution in [0.3, 0.4) is 0 Å². The van der Waals surface area contributed by atoms with E-state index in [1.807, 2.05) is 6.92 Å². The molecular formula is C14H15N3O2. The van der Waals surface area contributed by atoms with Crippen molar-refractivity contribution in [2.75, 3.05) is 18.2 Å². The first-order chi connectivity index (χ1) is 9.11. The van der Waals surface area contributed by atoms with Gasteiger partial charge in [0.05, 0.1) is 24.1 Å². The van der Waals surface area contributed by atoms with Crippen molar-refractivity contribution in [2.24, 2.45) is 0 Å². The molecule has 2 aromatic rings. The van der Waals surface area contributed by atoms with Gasteiger partial charge in [0.15, 0.2) is 0 Å². The van der Waals surface area contributed by atoms with Crippen LogP contribution in [0.25, 0.3) is 0 Å². The molecule has 1 amide bonds. The molecule has 1 aromatic heterocycles. The highest BCUT2D eigenvalue weighted by Gasteiger charge is 2.13. The van der Waals surface area contributed by atoms with Crippen LogP contribution in [0.1, 0.15) is 16.1 Å².